The van der Waals surface area contributed by atoms with E-state index < -0.39 is 5.60 Å². The second-order valence-electron chi connectivity index (χ2n) is 4.62. The molecule has 17 heavy (non-hydrogen) atoms. The molecular formula is C13H15BrN2O. The van der Waals surface area contributed by atoms with E-state index in [1.807, 2.05) is 41.9 Å². The lowest BCUT2D eigenvalue weighted by molar-refractivity contribution is 0.0734. The van der Waals surface area contributed by atoms with E-state index in [-0.39, 0.29) is 0 Å². The molecule has 1 aromatic heterocycles. The van der Waals surface area contributed by atoms with Gasteiger partial charge in [0.05, 0.1) is 11.4 Å². The summed E-state index contributed by atoms with van der Waals surface area (Å²) in [5.74, 6) is 0. The van der Waals surface area contributed by atoms with Crippen molar-refractivity contribution in [2.24, 2.45) is 0 Å². The molecule has 0 atom stereocenters. The lowest BCUT2D eigenvalue weighted by Gasteiger charge is -2.13. The summed E-state index contributed by atoms with van der Waals surface area (Å²) in [4.78, 5) is 0. The summed E-state index contributed by atoms with van der Waals surface area (Å²) >= 11 is 3.40. The standard InChI is InChI=1S/C13H15BrN2O/c1-9-8-12(13(2,3)17)15-16(9)11-6-4-10(14)5-7-11/h4-8,17H,1-3H3. The summed E-state index contributed by atoms with van der Waals surface area (Å²) in [6, 6.07) is 9.82. The van der Waals surface area contributed by atoms with Gasteiger partial charge >= 0.3 is 0 Å². The van der Waals surface area contributed by atoms with Crippen LogP contribution in [0, 0.1) is 6.92 Å². The molecule has 0 saturated carbocycles. The van der Waals surface area contributed by atoms with E-state index in [0.29, 0.717) is 5.69 Å². The summed E-state index contributed by atoms with van der Waals surface area (Å²) in [6.07, 6.45) is 0. The maximum atomic E-state index is 9.93. The van der Waals surface area contributed by atoms with Crippen molar-refractivity contribution in [2.45, 2.75) is 26.4 Å². The monoisotopic (exact) mass is 294 g/mol. The Hall–Kier alpha value is -1.13. The average Bonchev–Trinajstić information content (AvgIpc) is 2.61. The van der Waals surface area contributed by atoms with E-state index >= 15 is 0 Å². The molecule has 0 radical (unpaired) electrons. The Morgan fingerprint density at radius 2 is 1.82 bits per heavy atom. The minimum absolute atomic E-state index is 0.679. The number of benzene rings is 1. The van der Waals surface area contributed by atoms with Crippen LogP contribution in [0.5, 0.6) is 0 Å². The van der Waals surface area contributed by atoms with E-state index in [1.165, 1.54) is 0 Å². The van der Waals surface area contributed by atoms with E-state index in [1.54, 1.807) is 13.8 Å². The molecule has 0 aliphatic carbocycles. The van der Waals surface area contributed by atoms with Crippen molar-refractivity contribution in [1.82, 2.24) is 9.78 Å². The van der Waals surface area contributed by atoms with Crippen molar-refractivity contribution in [3.05, 3.63) is 46.2 Å². The summed E-state index contributed by atoms with van der Waals surface area (Å²) in [5.41, 5.74) is 1.76. The third kappa shape index (κ3) is 2.58. The van der Waals surface area contributed by atoms with Gasteiger partial charge in [-0.1, -0.05) is 15.9 Å². The van der Waals surface area contributed by atoms with Crippen LogP contribution in [0.15, 0.2) is 34.8 Å². The van der Waals surface area contributed by atoms with Crippen molar-refractivity contribution in [1.29, 1.82) is 0 Å². The molecule has 90 valence electrons. The first-order chi connectivity index (χ1) is 7.88. The fourth-order valence-corrected chi connectivity index (χ4v) is 1.88. The number of aliphatic hydroxyl groups is 1. The highest BCUT2D eigenvalue weighted by Crippen LogP contribution is 2.22. The molecule has 0 spiro atoms. The van der Waals surface area contributed by atoms with Crippen molar-refractivity contribution < 1.29 is 5.11 Å². The minimum atomic E-state index is -0.911. The highest BCUT2D eigenvalue weighted by atomic mass is 79.9. The summed E-state index contributed by atoms with van der Waals surface area (Å²) in [6.45, 7) is 5.45. The van der Waals surface area contributed by atoms with Gasteiger partial charge in [0, 0.05) is 10.2 Å². The first-order valence-corrected chi connectivity index (χ1v) is 6.23. The van der Waals surface area contributed by atoms with Crippen molar-refractivity contribution in [2.75, 3.05) is 0 Å². The van der Waals surface area contributed by atoms with Gasteiger partial charge in [0.2, 0.25) is 0 Å². The zero-order chi connectivity index (χ0) is 12.6. The number of nitrogens with zero attached hydrogens (tertiary/aromatic N) is 2. The third-order valence-electron chi connectivity index (χ3n) is 2.59. The van der Waals surface area contributed by atoms with Gasteiger partial charge in [0.1, 0.15) is 5.60 Å². The Bertz CT molecular complexity index is 523. The molecule has 1 aromatic carbocycles. The van der Waals surface area contributed by atoms with Gasteiger partial charge in [-0.3, -0.25) is 0 Å². The van der Waals surface area contributed by atoms with E-state index in [2.05, 4.69) is 21.0 Å². The molecule has 0 fully saturated rings. The molecule has 0 aliphatic heterocycles. The first-order valence-electron chi connectivity index (χ1n) is 5.43. The Morgan fingerprint density at radius 3 is 2.29 bits per heavy atom. The van der Waals surface area contributed by atoms with Crippen LogP contribution in [0.4, 0.5) is 0 Å². The van der Waals surface area contributed by atoms with Crippen molar-refractivity contribution in [3.8, 4) is 5.69 Å². The maximum absolute atomic E-state index is 9.93. The summed E-state index contributed by atoms with van der Waals surface area (Å²) in [5, 5.41) is 14.4. The number of halogens is 1. The predicted molar refractivity (Wildman–Crippen MR) is 71.2 cm³/mol. The Kier molecular flexibility index (Phi) is 3.10. The zero-order valence-corrected chi connectivity index (χ0v) is 11.7. The van der Waals surface area contributed by atoms with Crippen LogP contribution in [-0.2, 0) is 5.60 Å². The van der Waals surface area contributed by atoms with Crippen LogP contribution in [0.3, 0.4) is 0 Å². The van der Waals surface area contributed by atoms with Crippen molar-refractivity contribution >= 4 is 15.9 Å². The number of rotatable bonds is 2. The molecule has 4 heteroatoms. The maximum Gasteiger partial charge on any atom is 0.103 e. The van der Waals surface area contributed by atoms with E-state index in [9.17, 15) is 5.11 Å². The largest absolute Gasteiger partial charge is 0.384 e. The van der Waals surface area contributed by atoms with E-state index in [4.69, 9.17) is 0 Å². The van der Waals surface area contributed by atoms with Gasteiger partial charge < -0.3 is 5.11 Å². The molecule has 0 saturated heterocycles. The van der Waals surface area contributed by atoms with Crippen molar-refractivity contribution in [3.63, 3.8) is 0 Å². The molecule has 0 unspecified atom stereocenters. The number of aryl methyl sites for hydroxylation is 1. The zero-order valence-electron chi connectivity index (χ0n) is 10.1. The fourth-order valence-electron chi connectivity index (χ4n) is 1.62. The Morgan fingerprint density at radius 1 is 1.24 bits per heavy atom. The van der Waals surface area contributed by atoms with Gasteiger partial charge in [-0.15, -0.1) is 0 Å². The molecule has 1 N–H and O–H groups in total. The molecule has 0 amide bonds. The topological polar surface area (TPSA) is 38.1 Å². The highest BCUT2D eigenvalue weighted by Gasteiger charge is 2.20. The molecule has 3 nitrogen and oxygen atoms in total. The molecule has 2 rings (SSSR count). The van der Waals surface area contributed by atoms with Gasteiger partial charge in [0.15, 0.2) is 0 Å². The summed E-state index contributed by atoms with van der Waals surface area (Å²) in [7, 11) is 0. The SMILES string of the molecule is Cc1cc(C(C)(C)O)nn1-c1ccc(Br)cc1. The Labute approximate surface area is 109 Å². The van der Waals surface area contributed by atoms with Crippen LogP contribution in [-0.4, -0.2) is 14.9 Å². The second kappa shape index (κ2) is 4.27. The van der Waals surface area contributed by atoms with Gasteiger partial charge in [0.25, 0.3) is 0 Å². The molecule has 1 heterocycles. The molecular weight excluding hydrogens is 280 g/mol. The average molecular weight is 295 g/mol. The quantitative estimate of drug-likeness (QED) is 0.924. The second-order valence-corrected chi connectivity index (χ2v) is 5.53. The van der Waals surface area contributed by atoms with E-state index in [0.717, 1.165) is 15.9 Å². The third-order valence-corrected chi connectivity index (χ3v) is 3.11. The van der Waals surface area contributed by atoms with Crippen LogP contribution in [0.25, 0.3) is 5.69 Å². The van der Waals surface area contributed by atoms with Gasteiger partial charge in [-0.2, -0.15) is 5.10 Å². The fraction of sp³-hybridized carbons (Fsp3) is 0.308. The first kappa shape index (κ1) is 12.3. The minimum Gasteiger partial charge on any atom is -0.384 e. The van der Waals surface area contributed by atoms with Crippen LogP contribution < -0.4 is 0 Å². The molecule has 2 aromatic rings. The normalized spacial score (nSPS) is 11.8. The number of hydrogen-bond acceptors (Lipinski definition) is 2. The molecule has 0 bridgehead atoms. The lowest BCUT2D eigenvalue weighted by atomic mass is 10.1. The van der Waals surface area contributed by atoms with Gasteiger partial charge in [-0.05, 0) is 51.1 Å². The predicted octanol–water partition coefficient (Wildman–Crippen LogP) is 3.17. The Balaban J connectivity index is 2.46. The smallest absolute Gasteiger partial charge is 0.103 e. The highest BCUT2D eigenvalue weighted by molar-refractivity contribution is 9.10. The van der Waals surface area contributed by atoms with Crippen LogP contribution >= 0.6 is 15.9 Å². The molecule has 0 aliphatic rings. The summed E-state index contributed by atoms with van der Waals surface area (Å²) < 4.78 is 2.87. The number of aromatic nitrogens is 2. The van der Waals surface area contributed by atoms with Crippen LogP contribution in [0.1, 0.15) is 25.2 Å². The van der Waals surface area contributed by atoms with Crippen LogP contribution in [0.2, 0.25) is 0 Å². The lowest BCUT2D eigenvalue weighted by Crippen LogP contribution is -2.16. The van der Waals surface area contributed by atoms with Gasteiger partial charge in [-0.25, -0.2) is 4.68 Å². The number of hydrogen-bond donors (Lipinski definition) is 1.